The Bertz CT molecular complexity index is 510. The molecule has 8 heteroatoms. The molecule has 3 nitrogen and oxygen atoms in total. The molecule has 2 atom stereocenters. The van der Waals surface area contributed by atoms with Crippen LogP contribution in [0.25, 0.3) is 0 Å². The summed E-state index contributed by atoms with van der Waals surface area (Å²) < 4.78 is 47.8. The van der Waals surface area contributed by atoms with Crippen molar-refractivity contribution in [2.24, 2.45) is 0 Å². The molecule has 0 bridgehead atoms. The normalized spacial score (nSPS) is 19.3. The quantitative estimate of drug-likeness (QED) is 0.563. The van der Waals surface area contributed by atoms with Gasteiger partial charge in [0.1, 0.15) is 18.0 Å². The zero-order valence-electron chi connectivity index (χ0n) is 9.21. The minimum absolute atomic E-state index is 0.0316. The lowest BCUT2D eigenvalue weighted by molar-refractivity contribution is -0.00189. The van der Waals surface area contributed by atoms with Gasteiger partial charge in [-0.1, -0.05) is 15.9 Å². The van der Waals surface area contributed by atoms with E-state index in [1.165, 1.54) is 6.07 Å². The fraction of sp³-hybridized carbons (Fsp3) is 0.364. The van der Waals surface area contributed by atoms with Crippen molar-refractivity contribution in [3.63, 3.8) is 0 Å². The number of benzene rings is 1. The molecular weight excluding hydrogens is 397 g/mol. The van der Waals surface area contributed by atoms with Crippen LogP contribution in [0, 0.1) is 0 Å². The van der Waals surface area contributed by atoms with Crippen LogP contribution >= 0.6 is 31.9 Å². The van der Waals surface area contributed by atoms with Gasteiger partial charge in [0.15, 0.2) is 11.1 Å². The predicted octanol–water partition coefficient (Wildman–Crippen LogP) is 4.00. The van der Waals surface area contributed by atoms with Crippen molar-refractivity contribution in [3.8, 4) is 5.75 Å². The van der Waals surface area contributed by atoms with E-state index in [9.17, 15) is 18.0 Å². The second-order valence-electron chi connectivity index (χ2n) is 3.73. The largest absolute Gasteiger partial charge is 0.481 e. The number of hydrogen-bond acceptors (Lipinski definition) is 3. The number of carbonyl (C=O) groups excluding carboxylic acids is 1. The number of cyclic esters (lactones) is 1. The Kier molecular flexibility index (Phi) is 4.39. The molecule has 0 aromatic heterocycles. The smallest absolute Gasteiger partial charge is 0.343 e. The molecule has 2 unspecified atom stereocenters. The lowest BCUT2D eigenvalue weighted by Gasteiger charge is -2.16. The van der Waals surface area contributed by atoms with Gasteiger partial charge in [-0.2, -0.15) is 0 Å². The molecule has 0 saturated carbocycles. The summed E-state index contributed by atoms with van der Waals surface area (Å²) in [6, 6.07) is 2.93. The second-order valence-corrected chi connectivity index (χ2v) is 5.48. The molecule has 0 spiro atoms. The first-order chi connectivity index (χ1) is 8.93. The Morgan fingerprint density at radius 3 is 2.68 bits per heavy atom. The monoisotopic (exact) mass is 402 g/mol. The molecule has 1 aromatic rings. The van der Waals surface area contributed by atoms with Gasteiger partial charge in [-0.05, 0) is 28.1 Å². The van der Waals surface area contributed by atoms with Crippen LogP contribution in [0.3, 0.4) is 0 Å². The highest BCUT2D eigenvalue weighted by molar-refractivity contribution is 9.10. The van der Waals surface area contributed by atoms with Gasteiger partial charge < -0.3 is 9.47 Å². The minimum Gasteiger partial charge on any atom is -0.481 e. The third-order valence-electron chi connectivity index (χ3n) is 2.47. The van der Waals surface area contributed by atoms with E-state index >= 15 is 0 Å². The van der Waals surface area contributed by atoms with Crippen LogP contribution in [0.5, 0.6) is 5.75 Å². The lowest BCUT2D eigenvalue weighted by atomic mass is 10.1. The number of carbonyl (C=O) groups is 1. The van der Waals surface area contributed by atoms with Gasteiger partial charge in [0.25, 0.3) is 6.43 Å². The topological polar surface area (TPSA) is 35.5 Å². The van der Waals surface area contributed by atoms with Crippen molar-refractivity contribution in [1.82, 2.24) is 0 Å². The molecule has 19 heavy (non-hydrogen) atoms. The molecule has 1 aromatic carbocycles. The molecule has 0 radical (unpaired) electrons. The first-order valence-corrected chi connectivity index (χ1v) is 6.84. The van der Waals surface area contributed by atoms with E-state index in [-0.39, 0.29) is 11.3 Å². The highest BCUT2D eigenvalue weighted by Gasteiger charge is 2.35. The zero-order chi connectivity index (χ0) is 14.2. The van der Waals surface area contributed by atoms with E-state index in [2.05, 4.69) is 31.9 Å². The summed E-state index contributed by atoms with van der Waals surface area (Å²) in [5.41, 5.74) is 0.477. The Morgan fingerprint density at radius 1 is 1.42 bits per heavy atom. The number of alkyl halides is 4. The van der Waals surface area contributed by atoms with E-state index in [0.29, 0.717) is 10.0 Å². The van der Waals surface area contributed by atoms with Gasteiger partial charge in [0.05, 0.1) is 0 Å². The summed E-state index contributed by atoms with van der Waals surface area (Å²) in [6.45, 7) is -1.36. The average Bonchev–Trinajstić information content (AvgIpc) is 2.61. The summed E-state index contributed by atoms with van der Waals surface area (Å²) in [6.07, 6.45) is -4.91. The highest BCUT2D eigenvalue weighted by atomic mass is 79.9. The van der Waals surface area contributed by atoms with Crippen molar-refractivity contribution in [1.29, 1.82) is 0 Å². The maximum atomic E-state index is 12.5. The molecule has 0 fully saturated rings. The molecule has 2 rings (SSSR count). The molecule has 104 valence electrons. The molecule has 1 aliphatic rings. The summed E-state index contributed by atoms with van der Waals surface area (Å²) in [5, 5.41) is -0.676. The van der Waals surface area contributed by atoms with Gasteiger partial charge in [-0.25, -0.2) is 18.0 Å². The van der Waals surface area contributed by atoms with Crippen LogP contribution in [0.1, 0.15) is 20.9 Å². The SMILES string of the molecule is O=C1OC(Br)c2cc(Br)cc(OC(CF)C(F)F)c21. The maximum absolute atomic E-state index is 12.5. The van der Waals surface area contributed by atoms with Crippen LogP contribution in [-0.2, 0) is 4.74 Å². The molecule has 1 aliphatic heterocycles. The van der Waals surface area contributed by atoms with E-state index < -0.39 is 30.2 Å². The molecule has 0 saturated heterocycles. The number of halogens is 5. The number of hydrogen-bond donors (Lipinski definition) is 0. The predicted molar refractivity (Wildman–Crippen MR) is 67.6 cm³/mol. The average molecular weight is 404 g/mol. The zero-order valence-corrected chi connectivity index (χ0v) is 12.4. The lowest BCUT2D eigenvalue weighted by Crippen LogP contribution is -2.28. The van der Waals surface area contributed by atoms with Crippen molar-refractivity contribution >= 4 is 37.8 Å². The molecule has 1 heterocycles. The summed E-state index contributed by atoms with van der Waals surface area (Å²) >= 11 is 6.28. The molecular formula is C11H7Br2F3O3. The first-order valence-electron chi connectivity index (χ1n) is 5.13. The number of ether oxygens (including phenoxy) is 2. The van der Waals surface area contributed by atoms with Crippen molar-refractivity contribution in [2.75, 3.05) is 6.67 Å². The summed E-state index contributed by atoms with van der Waals surface area (Å²) in [4.78, 5) is 11.6. The van der Waals surface area contributed by atoms with Gasteiger partial charge in [0.2, 0.25) is 0 Å². The molecule has 0 N–H and O–H groups in total. The van der Waals surface area contributed by atoms with Crippen LogP contribution in [-0.4, -0.2) is 25.2 Å². The third-order valence-corrected chi connectivity index (χ3v) is 3.61. The standard InChI is InChI=1S/C11H7Br2F3O3/c12-4-1-5-8(11(17)19-9(5)13)6(2-4)18-7(3-14)10(15)16/h1-2,7,9-10H,3H2. The molecule has 0 aliphatic carbocycles. The van der Waals surface area contributed by atoms with Gasteiger partial charge in [-0.3, -0.25) is 0 Å². The Hall–Kier alpha value is -0.760. The molecule has 0 amide bonds. The maximum Gasteiger partial charge on any atom is 0.343 e. The van der Waals surface area contributed by atoms with E-state index in [4.69, 9.17) is 9.47 Å². The van der Waals surface area contributed by atoms with E-state index in [1.807, 2.05) is 0 Å². The Balaban J connectivity index is 2.41. The van der Waals surface area contributed by atoms with Crippen molar-refractivity contribution in [2.45, 2.75) is 17.5 Å². The summed E-state index contributed by atoms with van der Waals surface area (Å²) in [7, 11) is 0. The fourth-order valence-electron chi connectivity index (χ4n) is 1.62. The van der Waals surface area contributed by atoms with Crippen LogP contribution in [0.15, 0.2) is 16.6 Å². The number of rotatable bonds is 4. The fourth-order valence-corrected chi connectivity index (χ4v) is 2.61. The summed E-state index contributed by atoms with van der Waals surface area (Å²) in [5.74, 6) is -0.828. The Morgan fingerprint density at radius 2 is 2.11 bits per heavy atom. The number of fused-ring (bicyclic) bond motifs is 1. The van der Waals surface area contributed by atoms with E-state index in [0.717, 1.165) is 0 Å². The minimum atomic E-state index is -2.99. The van der Waals surface area contributed by atoms with Crippen molar-refractivity contribution < 1.29 is 27.4 Å². The van der Waals surface area contributed by atoms with Crippen LogP contribution in [0.2, 0.25) is 0 Å². The number of esters is 1. The third kappa shape index (κ3) is 2.89. The Labute approximate surface area is 123 Å². The highest BCUT2D eigenvalue weighted by Crippen LogP contribution is 2.42. The van der Waals surface area contributed by atoms with Crippen LogP contribution < -0.4 is 4.74 Å². The van der Waals surface area contributed by atoms with Crippen LogP contribution in [0.4, 0.5) is 13.2 Å². The van der Waals surface area contributed by atoms with E-state index in [1.54, 1.807) is 6.07 Å². The van der Waals surface area contributed by atoms with Crippen molar-refractivity contribution in [3.05, 3.63) is 27.7 Å². The van der Waals surface area contributed by atoms with Gasteiger partial charge >= 0.3 is 5.97 Å². The van der Waals surface area contributed by atoms with Gasteiger partial charge in [-0.15, -0.1) is 0 Å². The first kappa shape index (κ1) is 14.6. The van der Waals surface area contributed by atoms with Gasteiger partial charge in [0, 0.05) is 10.0 Å². The second kappa shape index (κ2) is 5.70.